The van der Waals surface area contributed by atoms with Crippen LogP contribution in [0.2, 0.25) is 0 Å². The van der Waals surface area contributed by atoms with Crippen molar-refractivity contribution in [1.29, 1.82) is 0 Å². The van der Waals surface area contributed by atoms with Crippen LogP contribution < -0.4 is 14.8 Å². The van der Waals surface area contributed by atoms with Crippen LogP contribution in [0.1, 0.15) is 23.6 Å². The minimum absolute atomic E-state index is 0.0968. The van der Waals surface area contributed by atoms with E-state index < -0.39 is 0 Å². The van der Waals surface area contributed by atoms with Gasteiger partial charge in [-0.15, -0.1) is 0 Å². The highest BCUT2D eigenvalue weighted by Gasteiger charge is 2.23. The summed E-state index contributed by atoms with van der Waals surface area (Å²) in [6.07, 6.45) is 1.89. The van der Waals surface area contributed by atoms with Gasteiger partial charge >= 0.3 is 0 Å². The summed E-state index contributed by atoms with van der Waals surface area (Å²) in [5, 5.41) is 5.28. The maximum absolute atomic E-state index is 12.4. The Labute approximate surface area is 187 Å². The third kappa shape index (κ3) is 3.83. The summed E-state index contributed by atoms with van der Waals surface area (Å²) >= 11 is 0. The molecule has 4 aromatic carbocycles. The highest BCUT2D eigenvalue weighted by molar-refractivity contribution is 6.34. The maximum Gasteiger partial charge on any atom is 0.256 e. The first-order chi connectivity index (χ1) is 15.7. The minimum atomic E-state index is -0.0968. The van der Waals surface area contributed by atoms with Gasteiger partial charge in [-0.05, 0) is 53.1 Å². The summed E-state index contributed by atoms with van der Waals surface area (Å²) in [6.45, 7) is 2.91. The lowest BCUT2D eigenvalue weighted by Crippen LogP contribution is -2.03. The van der Waals surface area contributed by atoms with E-state index in [1.54, 1.807) is 0 Å². The van der Waals surface area contributed by atoms with Crippen molar-refractivity contribution in [3.63, 3.8) is 0 Å². The number of rotatable bonds is 6. The zero-order valence-corrected chi connectivity index (χ0v) is 17.8. The number of carbonyl (C=O) groups is 1. The van der Waals surface area contributed by atoms with Gasteiger partial charge in [-0.25, -0.2) is 0 Å². The summed E-state index contributed by atoms with van der Waals surface area (Å²) in [5.74, 6) is 1.24. The van der Waals surface area contributed by atoms with Crippen LogP contribution in [0.15, 0.2) is 84.9 Å². The number of anilines is 1. The largest absolute Gasteiger partial charge is 0.490 e. The number of carbonyl (C=O) groups excluding carboxylic acids is 1. The molecular formula is C28H23NO3. The van der Waals surface area contributed by atoms with Gasteiger partial charge in [-0.1, -0.05) is 66.7 Å². The van der Waals surface area contributed by atoms with Gasteiger partial charge in [0.1, 0.15) is 6.61 Å². The highest BCUT2D eigenvalue weighted by Crippen LogP contribution is 2.35. The summed E-state index contributed by atoms with van der Waals surface area (Å²) < 4.78 is 12.0. The molecule has 4 heteroatoms. The molecule has 0 aromatic heterocycles. The smallest absolute Gasteiger partial charge is 0.256 e. The van der Waals surface area contributed by atoms with Crippen LogP contribution in [0.4, 0.5) is 5.69 Å². The van der Waals surface area contributed by atoms with E-state index in [1.165, 1.54) is 10.8 Å². The minimum Gasteiger partial charge on any atom is -0.490 e. The number of benzene rings is 4. The first-order valence-electron chi connectivity index (χ1n) is 10.7. The molecule has 32 heavy (non-hydrogen) atoms. The van der Waals surface area contributed by atoms with Crippen LogP contribution >= 0.6 is 0 Å². The molecule has 158 valence electrons. The summed E-state index contributed by atoms with van der Waals surface area (Å²) in [7, 11) is 0. The van der Waals surface area contributed by atoms with Crippen LogP contribution in [0.25, 0.3) is 22.4 Å². The van der Waals surface area contributed by atoms with Crippen molar-refractivity contribution in [2.75, 3.05) is 11.9 Å². The molecule has 1 N–H and O–H groups in total. The topological polar surface area (TPSA) is 47.6 Å². The lowest BCUT2D eigenvalue weighted by molar-refractivity contribution is -0.110. The zero-order valence-electron chi connectivity index (χ0n) is 17.8. The SMILES string of the molecule is CCOc1cc(/C=C2\C(=O)Nc3ccccc32)ccc1OCc1cccc2ccccc12. The van der Waals surface area contributed by atoms with Crippen LogP contribution in [-0.4, -0.2) is 12.5 Å². The molecule has 0 radical (unpaired) electrons. The predicted octanol–water partition coefficient (Wildman–Crippen LogP) is 6.31. The number of nitrogens with one attached hydrogen (secondary N) is 1. The molecule has 0 saturated carbocycles. The van der Waals surface area contributed by atoms with Gasteiger partial charge in [-0.3, -0.25) is 4.79 Å². The van der Waals surface area contributed by atoms with Gasteiger partial charge in [-0.2, -0.15) is 0 Å². The lowest BCUT2D eigenvalue weighted by atomic mass is 10.0. The standard InChI is InChI=1S/C28H23NO3/c1-2-31-27-17-19(16-24-23-12-5-6-13-25(23)29-28(24)30)14-15-26(27)32-18-21-10-7-9-20-8-3-4-11-22(20)21/h3-17H,2,18H2,1H3,(H,29,30)/b24-16-. The molecule has 0 spiro atoms. The Kier molecular flexibility index (Phi) is 5.34. The van der Waals surface area contributed by atoms with Crippen molar-refractivity contribution in [2.24, 2.45) is 0 Å². The number of amides is 1. The van der Waals surface area contributed by atoms with Crippen LogP contribution in [0.3, 0.4) is 0 Å². The Morgan fingerprint density at radius 3 is 2.56 bits per heavy atom. The fourth-order valence-electron chi connectivity index (χ4n) is 4.02. The quantitative estimate of drug-likeness (QED) is 0.371. The molecular weight excluding hydrogens is 398 g/mol. The normalized spacial score (nSPS) is 13.8. The third-order valence-electron chi connectivity index (χ3n) is 5.55. The molecule has 0 saturated heterocycles. The highest BCUT2D eigenvalue weighted by atomic mass is 16.5. The Balaban J connectivity index is 1.43. The van der Waals surface area contributed by atoms with E-state index in [0.29, 0.717) is 30.3 Å². The first-order valence-corrected chi connectivity index (χ1v) is 10.7. The van der Waals surface area contributed by atoms with Gasteiger partial charge in [0, 0.05) is 16.8 Å². The van der Waals surface area contributed by atoms with Crippen LogP contribution in [0, 0.1) is 0 Å². The summed E-state index contributed by atoms with van der Waals surface area (Å²) in [5.41, 5.74) is 4.40. The van der Waals surface area contributed by atoms with E-state index in [9.17, 15) is 4.79 Å². The number of fused-ring (bicyclic) bond motifs is 2. The molecule has 1 amide bonds. The van der Waals surface area contributed by atoms with Crippen molar-refractivity contribution in [3.05, 3.63) is 102 Å². The second kappa shape index (κ2) is 8.60. The Bertz CT molecular complexity index is 1330. The average molecular weight is 421 g/mol. The van der Waals surface area contributed by atoms with Gasteiger partial charge in [0.25, 0.3) is 5.91 Å². The predicted molar refractivity (Wildman–Crippen MR) is 129 cm³/mol. The number of para-hydroxylation sites is 1. The van der Waals surface area contributed by atoms with E-state index in [2.05, 4.69) is 29.6 Å². The fourth-order valence-corrected chi connectivity index (χ4v) is 4.02. The van der Waals surface area contributed by atoms with E-state index in [1.807, 2.05) is 73.7 Å². The monoisotopic (exact) mass is 421 g/mol. The molecule has 0 bridgehead atoms. The van der Waals surface area contributed by atoms with Crippen molar-refractivity contribution in [2.45, 2.75) is 13.5 Å². The lowest BCUT2D eigenvalue weighted by Gasteiger charge is -2.14. The molecule has 4 nitrogen and oxygen atoms in total. The molecule has 4 aromatic rings. The fraction of sp³-hybridized carbons (Fsp3) is 0.107. The summed E-state index contributed by atoms with van der Waals surface area (Å²) in [6, 6.07) is 28.0. The van der Waals surface area contributed by atoms with E-state index in [4.69, 9.17) is 9.47 Å². The van der Waals surface area contributed by atoms with Crippen molar-refractivity contribution < 1.29 is 14.3 Å². The van der Waals surface area contributed by atoms with Gasteiger partial charge < -0.3 is 14.8 Å². The number of hydrogen-bond donors (Lipinski definition) is 1. The van der Waals surface area contributed by atoms with Gasteiger partial charge in [0.05, 0.1) is 6.61 Å². The second-order valence-corrected chi connectivity index (χ2v) is 7.62. The number of hydrogen-bond acceptors (Lipinski definition) is 3. The van der Waals surface area contributed by atoms with Crippen molar-refractivity contribution in [3.8, 4) is 11.5 Å². The van der Waals surface area contributed by atoms with Gasteiger partial charge in [0.2, 0.25) is 0 Å². The molecule has 1 aliphatic rings. The molecule has 0 aliphatic carbocycles. The molecule has 0 unspecified atom stereocenters. The van der Waals surface area contributed by atoms with Crippen molar-refractivity contribution >= 4 is 34.0 Å². The third-order valence-corrected chi connectivity index (χ3v) is 5.55. The first kappa shape index (κ1) is 19.9. The number of ether oxygens (including phenoxy) is 2. The maximum atomic E-state index is 12.4. The Hall–Kier alpha value is -4.05. The second-order valence-electron chi connectivity index (χ2n) is 7.62. The van der Waals surface area contributed by atoms with Crippen molar-refractivity contribution in [1.82, 2.24) is 0 Å². The molecule has 1 heterocycles. The molecule has 0 fully saturated rings. The van der Waals surface area contributed by atoms with Gasteiger partial charge in [0.15, 0.2) is 11.5 Å². The Morgan fingerprint density at radius 2 is 1.66 bits per heavy atom. The zero-order chi connectivity index (χ0) is 21.9. The van der Waals surface area contributed by atoms with Crippen LogP contribution in [-0.2, 0) is 11.4 Å². The molecule has 5 rings (SSSR count). The van der Waals surface area contributed by atoms with Crippen LogP contribution in [0.5, 0.6) is 11.5 Å². The summed E-state index contributed by atoms with van der Waals surface area (Å²) in [4.78, 5) is 12.4. The average Bonchev–Trinajstić information content (AvgIpc) is 3.13. The molecule has 0 atom stereocenters. The van der Waals surface area contributed by atoms with E-state index >= 15 is 0 Å². The molecule has 1 aliphatic heterocycles. The Morgan fingerprint density at radius 1 is 0.844 bits per heavy atom. The van der Waals surface area contributed by atoms with E-state index in [0.717, 1.165) is 22.4 Å². The van der Waals surface area contributed by atoms with E-state index in [-0.39, 0.29) is 5.91 Å².